The number of likely N-dealkylation sites (tertiary alicyclic amines) is 1. The summed E-state index contributed by atoms with van der Waals surface area (Å²) in [6.45, 7) is 0.189. The molecule has 0 radical (unpaired) electrons. The van der Waals surface area contributed by atoms with Crippen molar-refractivity contribution in [3.05, 3.63) is 92.6 Å². The number of morpholine rings is 1. The normalized spacial score (nSPS) is 20.6. The fourth-order valence-corrected chi connectivity index (χ4v) is 6.09. The molecule has 2 aromatic heterocycles. The highest BCUT2D eigenvalue weighted by molar-refractivity contribution is 6.31. The average Bonchev–Trinajstić information content (AvgIpc) is 3.35. The van der Waals surface area contributed by atoms with Crippen molar-refractivity contribution in [1.82, 2.24) is 24.3 Å². The molecule has 9 nitrogen and oxygen atoms in total. The Labute approximate surface area is 259 Å². The van der Waals surface area contributed by atoms with Gasteiger partial charge in [0.1, 0.15) is 11.5 Å². The standard InChI is InChI=1S/C30H28Cl2F3N5O4/c31-20-5-1-19(2-6-20)27(41)38-11-9-29(43,10-12-38)16-39-17-37-26-22(28(39)42)13-25(32)40(26)21-7-3-18(4-8-21)23-15-44-24(14-36-23)30(33,34)35/h1-8,13,17,23-24,36,43H,9-12,14-16H2/t23-,24+/m0/s1. The minimum absolute atomic E-state index is 0.000893. The minimum atomic E-state index is -4.42. The molecule has 232 valence electrons. The molecule has 0 aliphatic carbocycles. The third kappa shape index (κ3) is 6.09. The first-order chi connectivity index (χ1) is 20.9. The first-order valence-electron chi connectivity index (χ1n) is 14.0. The molecule has 2 aromatic carbocycles. The van der Waals surface area contributed by atoms with Crippen LogP contribution in [0.3, 0.4) is 0 Å². The molecule has 1 amide bonds. The first-order valence-corrected chi connectivity index (χ1v) is 14.7. The van der Waals surface area contributed by atoms with Crippen LogP contribution in [0.25, 0.3) is 16.7 Å². The highest BCUT2D eigenvalue weighted by Gasteiger charge is 2.43. The molecule has 2 saturated heterocycles. The Bertz CT molecular complexity index is 1730. The van der Waals surface area contributed by atoms with E-state index in [1.54, 1.807) is 58.0 Å². The lowest BCUT2D eigenvalue weighted by molar-refractivity contribution is -0.229. The summed E-state index contributed by atoms with van der Waals surface area (Å²) in [5, 5.41) is 15.2. The maximum absolute atomic E-state index is 13.4. The molecule has 2 N–H and O–H groups in total. The third-order valence-corrected chi connectivity index (χ3v) is 8.74. The molecular weight excluding hydrogens is 622 g/mol. The molecule has 4 aromatic rings. The summed E-state index contributed by atoms with van der Waals surface area (Å²) in [7, 11) is 0. The Morgan fingerprint density at radius 1 is 1.09 bits per heavy atom. The molecule has 0 saturated carbocycles. The highest BCUT2D eigenvalue weighted by atomic mass is 35.5. The number of carbonyl (C=O) groups excluding carboxylic acids is 1. The second kappa shape index (κ2) is 11.8. The molecule has 4 heterocycles. The first kappa shape index (κ1) is 30.6. The number of alkyl halides is 3. The monoisotopic (exact) mass is 649 g/mol. The van der Waals surface area contributed by atoms with Crippen LogP contribution in [0.5, 0.6) is 0 Å². The molecule has 2 aliphatic rings. The molecular formula is C30H28Cl2F3N5O4. The summed E-state index contributed by atoms with van der Waals surface area (Å²) >= 11 is 12.5. The lowest BCUT2D eigenvalue weighted by atomic mass is 9.91. The van der Waals surface area contributed by atoms with Gasteiger partial charge in [0.25, 0.3) is 11.5 Å². The molecule has 14 heteroatoms. The Kier molecular flexibility index (Phi) is 8.22. The van der Waals surface area contributed by atoms with E-state index >= 15 is 0 Å². The number of amides is 1. The van der Waals surface area contributed by atoms with Gasteiger partial charge in [-0.1, -0.05) is 35.3 Å². The number of benzene rings is 2. The Hall–Kier alpha value is -3.42. The fourth-order valence-electron chi connectivity index (χ4n) is 5.68. The number of piperidine rings is 1. The number of rotatable bonds is 5. The number of halogens is 5. The van der Waals surface area contributed by atoms with Crippen LogP contribution in [0.4, 0.5) is 13.2 Å². The number of hydrogen-bond donors (Lipinski definition) is 2. The molecule has 0 spiro atoms. The fraction of sp³-hybridized carbons (Fsp3) is 0.367. The number of nitrogens with zero attached hydrogens (tertiary/aromatic N) is 4. The van der Waals surface area contributed by atoms with Crippen LogP contribution in [0.2, 0.25) is 10.2 Å². The molecule has 2 aliphatic heterocycles. The van der Waals surface area contributed by atoms with Gasteiger partial charge in [0.05, 0.1) is 30.2 Å². The minimum Gasteiger partial charge on any atom is -0.388 e. The quantitative estimate of drug-likeness (QED) is 0.324. The van der Waals surface area contributed by atoms with E-state index in [9.17, 15) is 27.9 Å². The Morgan fingerprint density at radius 3 is 2.39 bits per heavy atom. The molecule has 44 heavy (non-hydrogen) atoms. The van der Waals surface area contributed by atoms with Gasteiger partial charge in [0, 0.05) is 35.9 Å². The van der Waals surface area contributed by atoms with Crippen LogP contribution < -0.4 is 10.9 Å². The van der Waals surface area contributed by atoms with Crippen molar-refractivity contribution in [2.24, 2.45) is 0 Å². The summed E-state index contributed by atoms with van der Waals surface area (Å²) in [4.78, 5) is 32.5. The molecule has 0 unspecified atom stereocenters. The van der Waals surface area contributed by atoms with Crippen LogP contribution in [0.15, 0.2) is 65.7 Å². The van der Waals surface area contributed by atoms with Gasteiger partial charge >= 0.3 is 6.18 Å². The smallest absolute Gasteiger partial charge is 0.388 e. The van der Waals surface area contributed by atoms with Gasteiger partial charge in [0.15, 0.2) is 11.8 Å². The molecule has 0 bridgehead atoms. The number of aliphatic hydroxyl groups is 1. The molecule has 2 atom stereocenters. The van der Waals surface area contributed by atoms with E-state index < -0.39 is 23.9 Å². The van der Waals surface area contributed by atoms with Gasteiger partial charge < -0.3 is 20.1 Å². The molecule has 6 rings (SSSR count). The van der Waals surface area contributed by atoms with E-state index in [4.69, 9.17) is 27.9 Å². The SMILES string of the molecule is O=C(c1ccc(Cl)cc1)N1CCC(O)(Cn2cnc3c(cc(Cl)n3-c3ccc([C@@H]4CO[C@@H](C(F)(F)F)CN4)cc3)c2=O)CC1. The van der Waals surface area contributed by atoms with E-state index in [1.165, 1.54) is 17.0 Å². The summed E-state index contributed by atoms with van der Waals surface area (Å²) < 4.78 is 46.7. The lowest BCUT2D eigenvalue weighted by Gasteiger charge is -2.38. The number of hydrogen-bond acceptors (Lipinski definition) is 6. The van der Waals surface area contributed by atoms with Crippen molar-refractivity contribution >= 4 is 40.1 Å². The lowest BCUT2D eigenvalue weighted by Crippen LogP contribution is -2.49. The van der Waals surface area contributed by atoms with Crippen LogP contribution in [0, 0.1) is 0 Å². The number of carbonyl (C=O) groups is 1. The van der Waals surface area contributed by atoms with Gasteiger partial charge in [-0.25, -0.2) is 4.98 Å². The van der Waals surface area contributed by atoms with Crippen molar-refractivity contribution < 1.29 is 27.8 Å². The maximum atomic E-state index is 13.4. The maximum Gasteiger partial charge on any atom is 0.415 e. The summed E-state index contributed by atoms with van der Waals surface area (Å²) in [6, 6.07) is 14.7. The van der Waals surface area contributed by atoms with E-state index in [1.807, 2.05) is 0 Å². The van der Waals surface area contributed by atoms with Crippen molar-refractivity contribution in [1.29, 1.82) is 0 Å². The van der Waals surface area contributed by atoms with Crippen molar-refractivity contribution in [2.75, 3.05) is 26.2 Å². The average molecular weight is 650 g/mol. The van der Waals surface area contributed by atoms with Crippen molar-refractivity contribution in [2.45, 2.75) is 43.3 Å². The van der Waals surface area contributed by atoms with E-state index in [0.717, 1.165) is 5.56 Å². The van der Waals surface area contributed by atoms with Gasteiger partial charge in [-0.2, -0.15) is 13.2 Å². The van der Waals surface area contributed by atoms with Crippen LogP contribution in [0.1, 0.15) is 34.8 Å². The zero-order chi connectivity index (χ0) is 31.2. The largest absolute Gasteiger partial charge is 0.415 e. The van der Waals surface area contributed by atoms with Gasteiger partial charge in [0.2, 0.25) is 0 Å². The number of ether oxygens (including phenoxy) is 1. The van der Waals surface area contributed by atoms with Crippen molar-refractivity contribution in [3.63, 3.8) is 0 Å². The zero-order valence-corrected chi connectivity index (χ0v) is 24.7. The summed E-state index contributed by atoms with van der Waals surface area (Å²) in [5.74, 6) is -0.147. The zero-order valence-electron chi connectivity index (χ0n) is 23.2. The van der Waals surface area contributed by atoms with E-state index in [-0.39, 0.29) is 54.5 Å². The Morgan fingerprint density at radius 2 is 1.77 bits per heavy atom. The Balaban J connectivity index is 1.15. The highest BCUT2D eigenvalue weighted by Crippen LogP contribution is 2.30. The number of aromatic nitrogens is 3. The van der Waals surface area contributed by atoms with Crippen LogP contribution in [-0.2, 0) is 11.3 Å². The second-order valence-electron chi connectivity index (χ2n) is 11.2. The molecule has 2 fully saturated rings. The van der Waals surface area contributed by atoms with Crippen LogP contribution >= 0.6 is 23.2 Å². The third-order valence-electron chi connectivity index (χ3n) is 8.21. The van der Waals surface area contributed by atoms with E-state index in [2.05, 4.69) is 10.3 Å². The second-order valence-corrected chi connectivity index (χ2v) is 12.0. The summed E-state index contributed by atoms with van der Waals surface area (Å²) in [5.41, 5.74) is 0.607. The number of fused-ring (bicyclic) bond motifs is 1. The van der Waals surface area contributed by atoms with Gasteiger partial charge in [-0.15, -0.1) is 0 Å². The van der Waals surface area contributed by atoms with Crippen LogP contribution in [-0.4, -0.2) is 74.2 Å². The van der Waals surface area contributed by atoms with E-state index in [0.29, 0.717) is 35.0 Å². The topological polar surface area (TPSA) is 102 Å². The predicted octanol–water partition coefficient (Wildman–Crippen LogP) is 4.75. The van der Waals surface area contributed by atoms with Gasteiger partial charge in [-0.3, -0.25) is 18.7 Å². The van der Waals surface area contributed by atoms with Crippen molar-refractivity contribution in [3.8, 4) is 5.69 Å². The number of nitrogens with one attached hydrogen (secondary N) is 1. The van der Waals surface area contributed by atoms with Gasteiger partial charge in [-0.05, 0) is 60.9 Å². The summed E-state index contributed by atoms with van der Waals surface area (Å²) in [6.07, 6.45) is -4.33. The predicted molar refractivity (Wildman–Crippen MR) is 158 cm³/mol.